The molecule has 3 rings (SSSR count). The number of hydrogen-bond acceptors (Lipinski definition) is 5. The molecule has 0 saturated carbocycles. The Labute approximate surface area is 153 Å². The standard InChI is InChI=1S/C20H24N2O4/c1-15-18(10-13-25-15)20(24)26-14-19(23)21-16-6-8-17(9-7-16)22-11-4-2-3-5-12-22/h6-10,13H,2-5,11-12,14H2,1H3,(H,21,23). The molecule has 1 aliphatic rings. The second kappa shape index (κ2) is 8.56. The summed E-state index contributed by atoms with van der Waals surface area (Å²) in [5, 5.41) is 2.74. The zero-order chi connectivity index (χ0) is 18.4. The number of amides is 1. The molecule has 0 spiro atoms. The number of carbonyl (C=O) groups is 2. The Hall–Kier alpha value is -2.76. The lowest BCUT2D eigenvalue weighted by Gasteiger charge is -2.22. The first-order valence-corrected chi connectivity index (χ1v) is 8.99. The number of nitrogens with one attached hydrogen (secondary N) is 1. The van der Waals surface area contributed by atoms with E-state index < -0.39 is 5.97 Å². The van der Waals surface area contributed by atoms with Crippen LogP contribution in [0.1, 0.15) is 41.8 Å². The van der Waals surface area contributed by atoms with Gasteiger partial charge < -0.3 is 19.4 Å². The fourth-order valence-electron chi connectivity index (χ4n) is 3.09. The average Bonchev–Trinajstić information content (AvgIpc) is 2.90. The minimum absolute atomic E-state index is 0.333. The fourth-order valence-corrected chi connectivity index (χ4v) is 3.09. The Morgan fingerprint density at radius 3 is 2.38 bits per heavy atom. The maximum absolute atomic E-state index is 12.0. The molecule has 26 heavy (non-hydrogen) atoms. The van der Waals surface area contributed by atoms with Crippen molar-refractivity contribution in [1.29, 1.82) is 0 Å². The fraction of sp³-hybridized carbons (Fsp3) is 0.400. The summed E-state index contributed by atoms with van der Waals surface area (Å²) in [6, 6.07) is 9.31. The van der Waals surface area contributed by atoms with Crippen LogP contribution in [-0.4, -0.2) is 31.6 Å². The summed E-state index contributed by atoms with van der Waals surface area (Å²) < 4.78 is 10.1. The van der Waals surface area contributed by atoms with Crippen LogP contribution in [0.4, 0.5) is 11.4 Å². The zero-order valence-electron chi connectivity index (χ0n) is 15.0. The van der Waals surface area contributed by atoms with Crippen molar-refractivity contribution in [2.75, 3.05) is 29.9 Å². The lowest BCUT2D eigenvalue weighted by Crippen LogP contribution is -2.24. The van der Waals surface area contributed by atoms with E-state index in [0.717, 1.165) is 13.1 Å². The van der Waals surface area contributed by atoms with Gasteiger partial charge in [-0.25, -0.2) is 4.79 Å². The summed E-state index contributed by atoms with van der Waals surface area (Å²) in [7, 11) is 0. The summed E-state index contributed by atoms with van der Waals surface area (Å²) in [5.41, 5.74) is 2.19. The van der Waals surface area contributed by atoms with Gasteiger partial charge in [-0.05, 0) is 50.1 Å². The summed E-state index contributed by atoms with van der Waals surface area (Å²) in [4.78, 5) is 26.2. The molecular formula is C20H24N2O4. The van der Waals surface area contributed by atoms with Crippen LogP contribution in [0.5, 0.6) is 0 Å². The largest absolute Gasteiger partial charge is 0.469 e. The third-order valence-electron chi connectivity index (χ3n) is 4.54. The minimum atomic E-state index is -0.567. The van der Waals surface area contributed by atoms with E-state index in [4.69, 9.17) is 9.15 Å². The van der Waals surface area contributed by atoms with Crippen molar-refractivity contribution in [1.82, 2.24) is 0 Å². The lowest BCUT2D eigenvalue weighted by atomic mass is 10.2. The number of nitrogens with zero attached hydrogens (tertiary/aromatic N) is 1. The van der Waals surface area contributed by atoms with Gasteiger partial charge in [0.15, 0.2) is 6.61 Å². The highest BCUT2D eigenvalue weighted by Crippen LogP contribution is 2.21. The highest BCUT2D eigenvalue weighted by molar-refractivity contribution is 5.95. The molecule has 1 aromatic carbocycles. The van der Waals surface area contributed by atoms with E-state index in [2.05, 4.69) is 10.2 Å². The van der Waals surface area contributed by atoms with Crippen LogP contribution in [0.3, 0.4) is 0 Å². The molecule has 0 radical (unpaired) electrons. The van der Waals surface area contributed by atoms with E-state index in [1.807, 2.05) is 24.3 Å². The van der Waals surface area contributed by atoms with E-state index in [1.165, 1.54) is 43.7 Å². The third kappa shape index (κ3) is 4.65. The first kappa shape index (κ1) is 18.0. The van der Waals surface area contributed by atoms with E-state index in [9.17, 15) is 9.59 Å². The monoisotopic (exact) mass is 356 g/mol. The van der Waals surface area contributed by atoms with Crippen LogP contribution < -0.4 is 10.2 Å². The molecule has 2 heterocycles. The SMILES string of the molecule is Cc1occc1C(=O)OCC(=O)Nc1ccc(N2CCCCCC2)cc1. The number of benzene rings is 1. The molecule has 0 bridgehead atoms. The number of rotatable bonds is 5. The first-order chi connectivity index (χ1) is 12.6. The molecule has 1 fully saturated rings. The van der Waals surface area contributed by atoms with Gasteiger partial charge in [0.2, 0.25) is 0 Å². The van der Waals surface area contributed by atoms with E-state index in [1.54, 1.807) is 6.92 Å². The number of anilines is 2. The zero-order valence-corrected chi connectivity index (χ0v) is 15.0. The van der Waals surface area contributed by atoms with Crippen LogP contribution in [0.25, 0.3) is 0 Å². The summed E-state index contributed by atoms with van der Waals surface area (Å²) in [5.74, 6) is -0.468. The van der Waals surface area contributed by atoms with Crippen molar-refractivity contribution in [2.24, 2.45) is 0 Å². The molecule has 2 aromatic rings. The predicted molar refractivity (Wildman–Crippen MR) is 99.5 cm³/mol. The molecule has 0 aliphatic carbocycles. The molecule has 1 aliphatic heterocycles. The van der Waals surface area contributed by atoms with Gasteiger partial charge in [-0.2, -0.15) is 0 Å². The van der Waals surface area contributed by atoms with Crippen molar-refractivity contribution in [3.05, 3.63) is 47.9 Å². The van der Waals surface area contributed by atoms with E-state index in [-0.39, 0.29) is 12.5 Å². The Bertz CT molecular complexity index is 743. The normalized spacial score (nSPS) is 14.6. The Morgan fingerprint density at radius 1 is 1.08 bits per heavy atom. The second-order valence-corrected chi connectivity index (χ2v) is 6.46. The highest BCUT2D eigenvalue weighted by Gasteiger charge is 2.15. The summed E-state index contributed by atoms with van der Waals surface area (Å²) in [6.07, 6.45) is 6.45. The molecule has 0 atom stereocenters. The molecule has 1 saturated heterocycles. The van der Waals surface area contributed by atoms with Crippen molar-refractivity contribution >= 4 is 23.3 Å². The van der Waals surface area contributed by atoms with Crippen LogP contribution in [0.15, 0.2) is 41.0 Å². The third-order valence-corrected chi connectivity index (χ3v) is 4.54. The number of aryl methyl sites for hydroxylation is 1. The molecule has 0 unspecified atom stereocenters. The smallest absolute Gasteiger partial charge is 0.342 e. The van der Waals surface area contributed by atoms with Gasteiger partial charge in [-0.3, -0.25) is 4.79 Å². The van der Waals surface area contributed by atoms with Crippen molar-refractivity contribution in [3.8, 4) is 0 Å². The van der Waals surface area contributed by atoms with Crippen LogP contribution >= 0.6 is 0 Å². The Balaban J connectivity index is 1.49. The van der Waals surface area contributed by atoms with Gasteiger partial charge in [0.25, 0.3) is 5.91 Å². The van der Waals surface area contributed by atoms with Gasteiger partial charge in [0.1, 0.15) is 11.3 Å². The number of hydrogen-bond donors (Lipinski definition) is 1. The van der Waals surface area contributed by atoms with E-state index >= 15 is 0 Å². The molecule has 6 heteroatoms. The molecule has 138 valence electrons. The number of ether oxygens (including phenoxy) is 1. The number of furan rings is 1. The average molecular weight is 356 g/mol. The molecule has 6 nitrogen and oxygen atoms in total. The maximum atomic E-state index is 12.0. The predicted octanol–water partition coefficient (Wildman–Crippen LogP) is 3.76. The number of carbonyl (C=O) groups excluding carboxylic acids is 2. The Kier molecular flexibility index (Phi) is 5.94. The molecular weight excluding hydrogens is 332 g/mol. The van der Waals surface area contributed by atoms with Gasteiger partial charge >= 0.3 is 5.97 Å². The topological polar surface area (TPSA) is 71.8 Å². The maximum Gasteiger partial charge on any atom is 0.342 e. The van der Waals surface area contributed by atoms with Crippen molar-refractivity contribution in [3.63, 3.8) is 0 Å². The second-order valence-electron chi connectivity index (χ2n) is 6.46. The van der Waals surface area contributed by atoms with Crippen molar-refractivity contribution in [2.45, 2.75) is 32.6 Å². The van der Waals surface area contributed by atoms with Crippen LogP contribution in [0.2, 0.25) is 0 Å². The minimum Gasteiger partial charge on any atom is -0.469 e. The number of esters is 1. The van der Waals surface area contributed by atoms with Gasteiger partial charge in [0, 0.05) is 24.5 Å². The van der Waals surface area contributed by atoms with Crippen molar-refractivity contribution < 1.29 is 18.7 Å². The molecule has 1 N–H and O–H groups in total. The van der Waals surface area contributed by atoms with Crippen LogP contribution in [0, 0.1) is 6.92 Å². The lowest BCUT2D eigenvalue weighted by molar-refractivity contribution is -0.119. The van der Waals surface area contributed by atoms with E-state index in [0.29, 0.717) is 17.0 Å². The quantitative estimate of drug-likeness (QED) is 0.826. The van der Waals surface area contributed by atoms with Gasteiger partial charge in [-0.15, -0.1) is 0 Å². The Morgan fingerprint density at radius 2 is 1.77 bits per heavy atom. The summed E-state index contributed by atoms with van der Waals surface area (Å²) in [6.45, 7) is 3.49. The van der Waals surface area contributed by atoms with Crippen LogP contribution in [-0.2, 0) is 9.53 Å². The summed E-state index contributed by atoms with van der Waals surface area (Å²) >= 11 is 0. The molecule has 1 aromatic heterocycles. The molecule has 1 amide bonds. The van der Waals surface area contributed by atoms with Gasteiger partial charge in [-0.1, -0.05) is 12.8 Å². The first-order valence-electron chi connectivity index (χ1n) is 8.99. The highest BCUT2D eigenvalue weighted by atomic mass is 16.5. The van der Waals surface area contributed by atoms with Gasteiger partial charge in [0.05, 0.1) is 6.26 Å².